The van der Waals surface area contributed by atoms with Crippen molar-refractivity contribution in [2.75, 3.05) is 0 Å². The number of rotatable bonds is 2. The van der Waals surface area contributed by atoms with E-state index in [0.717, 1.165) is 12.3 Å². The van der Waals surface area contributed by atoms with Gasteiger partial charge in [-0.05, 0) is 12.1 Å². The van der Waals surface area contributed by atoms with Crippen molar-refractivity contribution in [3.63, 3.8) is 0 Å². The molecule has 0 atom stereocenters. The van der Waals surface area contributed by atoms with Crippen molar-refractivity contribution < 1.29 is 28.2 Å². The number of phenols is 1. The highest BCUT2D eigenvalue weighted by Crippen LogP contribution is 2.31. The Morgan fingerprint density at radius 2 is 1.90 bits per heavy atom. The zero-order valence-electron chi connectivity index (χ0n) is 9.72. The minimum Gasteiger partial charge on any atom is -0.507 e. The van der Waals surface area contributed by atoms with Gasteiger partial charge in [-0.3, -0.25) is 0 Å². The van der Waals surface area contributed by atoms with E-state index in [9.17, 15) is 23.1 Å². The molecule has 2 N–H and O–H groups in total. The Morgan fingerprint density at radius 3 is 2.50 bits per heavy atom. The maximum Gasteiger partial charge on any atom is 0.433 e. The summed E-state index contributed by atoms with van der Waals surface area (Å²) in [5, 5.41) is 18.5. The number of halogens is 3. The Labute approximate surface area is 110 Å². The molecule has 0 amide bonds. The van der Waals surface area contributed by atoms with Crippen LogP contribution in [0.5, 0.6) is 5.75 Å². The summed E-state index contributed by atoms with van der Waals surface area (Å²) in [5.41, 5.74) is -1.93. The molecular formula is C12H7F3N2O3. The molecule has 2 aromatic rings. The Kier molecular flexibility index (Phi) is 3.31. The van der Waals surface area contributed by atoms with Gasteiger partial charge in [-0.1, -0.05) is 12.1 Å². The number of carboxylic acids is 1. The molecular weight excluding hydrogens is 277 g/mol. The first kappa shape index (κ1) is 13.8. The molecule has 0 spiro atoms. The van der Waals surface area contributed by atoms with E-state index in [-0.39, 0.29) is 5.56 Å². The summed E-state index contributed by atoms with van der Waals surface area (Å²) in [6.45, 7) is 0. The highest BCUT2D eigenvalue weighted by Gasteiger charge is 2.33. The zero-order chi connectivity index (χ0) is 14.9. The van der Waals surface area contributed by atoms with Crippen molar-refractivity contribution in [2.45, 2.75) is 6.18 Å². The molecule has 0 aliphatic heterocycles. The minimum absolute atomic E-state index is 0.191. The van der Waals surface area contributed by atoms with Crippen molar-refractivity contribution in [3.8, 4) is 17.1 Å². The van der Waals surface area contributed by atoms with Crippen molar-refractivity contribution in [1.82, 2.24) is 9.97 Å². The molecule has 0 fully saturated rings. The van der Waals surface area contributed by atoms with Gasteiger partial charge in [0, 0.05) is 11.8 Å². The second kappa shape index (κ2) is 4.80. The second-order valence-electron chi connectivity index (χ2n) is 3.77. The van der Waals surface area contributed by atoms with Crippen LogP contribution in [-0.2, 0) is 6.18 Å². The SMILES string of the molecule is O=C(O)c1c(O)cccc1-c1nccc(C(F)(F)F)n1. The number of hydrogen-bond acceptors (Lipinski definition) is 4. The van der Waals surface area contributed by atoms with Crippen LogP contribution in [0.3, 0.4) is 0 Å². The van der Waals surface area contributed by atoms with Crippen molar-refractivity contribution in [3.05, 3.63) is 41.7 Å². The maximum atomic E-state index is 12.6. The van der Waals surface area contributed by atoms with Crippen LogP contribution in [0, 0.1) is 0 Å². The number of carboxylic acid groups (broad SMARTS) is 1. The monoisotopic (exact) mass is 284 g/mol. The summed E-state index contributed by atoms with van der Waals surface area (Å²) < 4.78 is 37.7. The molecule has 0 aliphatic rings. The lowest BCUT2D eigenvalue weighted by molar-refractivity contribution is -0.141. The molecule has 0 bridgehead atoms. The van der Waals surface area contributed by atoms with Gasteiger partial charge < -0.3 is 10.2 Å². The molecule has 1 aromatic heterocycles. The molecule has 1 heterocycles. The number of benzene rings is 1. The van der Waals surface area contributed by atoms with Crippen LogP contribution in [-0.4, -0.2) is 26.2 Å². The van der Waals surface area contributed by atoms with Gasteiger partial charge in [0.2, 0.25) is 0 Å². The Bertz CT molecular complexity index is 671. The summed E-state index contributed by atoms with van der Waals surface area (Å²) >= 11 is 0. The maximum absolute atomic E-state index is 12.6. The molecule has 0 unspecified atom stereocenters. The average Bonchev–Trinajstić information content (AvgIpc) is 2.37. The first-order valence-electron chi connectivity index (χ1n) is 5.26. The van der Waals surface area contributed by atoms with Crippen LogP contribution < -0.4 is 0 Å². The Morgan fingerprint density at radius 1 is 1.20 bits per heavy atom. The van der Waals surface area contributed by atoms with Gasteiger partial charge in [0.05, 0.1) is 0 Å². The van der Waals surface area contributed by atoms with Gasteiger partial charge in [-0.15, -0.1) is 0 Å². The summed E-state index contributed by atoms with van der Waals surface area (Å²) in [4.78, 5) is 18.0. The molecule has 8 heteroatoms. The highest BCUT2D eigenvalue weighted by molar-refractivity contribution is 5.97. The lowest BCUT2D eigenvalue weighted by atomic mass is 10.1. The van der Waals surface area contributed by atoms with E-state index < -0.39 is 35.0 Å². The number of aromatic hydroxyl groups is 1. The minimum atomic E-state index is -4.67. The van der Waals surface area contributed by atoms with Gasteiger partial charge in [-0.2, -0.15) is 13.2 Å². The van der Waals surface area contributed by atoms with Crippen LogP contribution in [0.2, 0.25) is 0 Å². The van der Waals surface area contributed by atoms with Crippen molar-refractivity contribution in [2.24, 2.45) is 0 Å². The number of hydrogen-bond donors (Lipinski definition) is 2. The predicted octanol–water partition coefficient (Wildman–Crippen LogP) is 2.57. The number of aromatic carboxylic acids is 1. The summed E-state index contributed by atoms with van der Waals surface area (Å²) in [7, 11) is 0. The first-order chi connectivity index (χ1) is 9.30. The molecule has 1 aromatic carbocycles. The van der Waals surface area contributed by atoms with Gasteiger partial charge in [0.15, 0.2) is 5.82 Å². The number of nitrogens with zero attached hydrogens (tertiary/aromatic N) is 2. The quantitative estimate of drug-likeness (QED) is 0.885. The van der Waals surface area contributed by atoms with E-state index in [2.05, 4.69) is 9.97 Å². The third-order valence-electron chi connectivity index (χ3n) is 2.44. The number of alkyl halides is 3. The van der Waals surface area contributed by atoms with Crippen molar-refractivity contribution in [1.29, 1.82) is 0 Å². The fraction of sp³-hybridized carbons (Fsp3) is 0.0833. The van der Waals surface area contributed by atoms with Gasteiger partial charge in [0.1, 0.15) is 17.0 Å². The molecule has 5 nitrogen and oxygen atoms in total. The van der Waals surface area contributed by atoms with Gasteiger partial charge in [0.25, 0.3) is 0 Å². The van der Waals surface area contributed by atoms with E-state index in [1.165, 1.54) is 12.1 Å². The van der Waals surface area contributed by atoms with E-state index in [1.54, 1.807) is 0 Å². The van der Waals surface area contributed by atoms with Gasteiger partial charge in [-0.25, -0.2) is 14.8 Å². The lowest BCUT2D eigenvalue weighted by Crippen LogP contribution is -2.10. The van der Waals surface area contributed by atoms with E-state index in [0.29, 0.717) is 6.07 Å². The first-order valence-corrected chi connectivity index (χ1v) is 5.26. The number of carbonyl (C=O) groups is 1. The van der Waals surface area contributed by atoms with Crippen LogP contribution in [0.15, 0.2) is 30.5 Å². The van der Waals surface area contributed by atoms with E-state index in [1.807, 2.05) is 0 Å². The van der Waals surface area contributed by atoms with Crippen LogP contribution in [0.4, 0.5) is 13.2 Å². The molecule has 20 heavy (non-hydrogen) atoms. The predicted molar refractivity (Wildman–Crippen MR) is 61.1 cm³/mol. The van der Waals surface area contributed by atoms with Crippen LogP contribution in [0.25, 0.3) is 11.4 Å². The van der Waals surface area contributed by atoms with Crippen LogP contribution in [0.1, 0.15) is 16.1 Å². The highest BCUT2D eigenvalue weighted by atomic mass is 19.4. The smallest absolute Gasteiger partial charge is 0.433 e. The molecule has 0 aliphatic carbocycles. The summed E-state index contributed by atoms with van der Waals surface area (Å²) in [6, 6.07) is 4.30. The zero-order valence-corrected chi connectivity index (χ0v) is 9.72. The van der Waals surface area contributed by atoms with Crippen LogP contribution >= 0.6 is 0 Å². The van der Waals surface area contributed by atoms with E-state index in [4.69, 9.17) is 5.11 Å². The average molecular weight is 284 g/mol. The Hall–Kier alpha value is -2.64. The topological polar surface area (TPSA) is 83.3 Å². The third kappa shape index (κ3) is 2.53. The standard InChI is InChI=1S/C12H7F3N2O3/c13-12(14,15)8-4-5-16-10(17-8)6-2-1-3-7(18)9(6)11(19)20/h1-5,18H,(H,19,20). The molecule has 0 saturated heterocycles. The lowest BCUT2D eigenvalue weighted by Gasteiger charge is -2.09. The molecule has 2 rings (SSSR count). The Balaban J connectivity index is 2.64. The van der Waals surface area contributed by atoms with E-state index >= 15 is 0 Å². The third-order valence-corrected chi connectivity index (χ3v) is 2.44. The summed E-state index contributed by atoms with van der Waals surface area (Å²) in [6.07, 6.45) is -3.79. The van der Waals surface area contributed by atoms with Gasteiger partial charge >= 0.3 is 12.1 Å². The molecule has 0 saturated carbocycles. The molecule has 104 valence electrons. The molecule has 0 radical (unpaired) electrons. The fourth-order valence-corrected chi connectivity index (χ4v) is 1.60. The largest absolute Gasteiger partial charge is 0.507 e. The van der Waals surface area contributed by atoms with Crippen molar-refractivity contribution >= 4 is 5.97 Å². The normalized spacial score (nSPS) is 11.3. The number of aromatic nitrogens is 2. The fourth-order valence-electron chi connectivity index (χ4n) is 1.60. The summed E-state index contributed by atoms with van der Waals surface area (Å²) in [5.74, 6) is -2.48. The second-order valence-corrected chi connectivity index (χ2v) is 3.77.